The molecule has 3 N–H and O–H groups in total. The Kier molecular flexibility index (Phi) is 8.83. The van der Waals surface area contributed by atoms with E-state index in [-0.39, 0.29) is 31.9 Å². The Hall–Kier alpha value is -3.88. The maximum atomic E-state index is 12.3. The number of nitrogens with one attached hydrogen (secondary N) is 2. The van der Waals surface area contributed by atoms with Gasteiger partial charge in [-0.05, 0) is 35.1 Å². The maximum Gasteiger partial charge on any atom is 0.407 e. The lowest BCUT2D eigenvalue weighted by molar-refractivity contribution is -0.144. The molecule has 0 saturated heterocycles. The highest BCUT2D eigenvalue weighted by Gasteiger charge is 2.29. The predicted molar refractivity (Wildman–Crippen MR) is 128 cm³/mol. The summed E-state index contributed by atoms with van der Waals surface area (Å²) < 4.78 is 9.97. The number of esters is 1. The van der Waals surface area contributed by atoms with E-state index in [9.17, 15) is 24.3 Å². The number of alkyl carbamates (subject to hydrolysis) is 1. The summed E-state index contributed by atoms with van der Waals surface area (Å²) in [6.07, 6.45) is -0.482. The number of aliphatic carboxylic acids is 1. The van der Waals surface area contributed by atoms with Crippen molar-refractivity contribution in [1.82, 2.24) is 10.6 Å². The average Bonchev–Trinajstić information content (AvgIpc) is 3.18. The van der Waals surface area contributed by atoms with E-state index < -0.39 is 35.9 Å². The van der Waals surface area contributed by atoms with Gasteiger partial charge in [0, 0.05) is 24.8 Å². The highest BCUT2D eigenvalue weighted by Crippen LogP contribution is 2.44. The van der Waals surface area contributed by atoms with Crippen LogP contribution < -0.4 is 10.6 Å². The van der Waals surface area contributed by atoms with E-state index in [2.05, 4.69) is 27.5 Å². The van der Waals surface area contributed by atoms with Gasteiger partial charge in [0.15, 0.2) is 0 Å². The Morgan fingerprint density at radius 3 is 2.14 bits per heavy atom. The van der Waals surface area contributed by atoms with Crippen LogP contribution in [-0.2, 0) is 23.9 Å². The summed E-state index contributed by atoms with van der Waals surface area (Å²) in [5.74, 6) is -2.85. The number of methoxy groups -OCH3 is 1. The molecule has 1 unspecified atom stereocenters. The molecule has 2 atom stereocenters. The number of carbonyl (C=O) groups is 4. The van der Waals surface area contributed by atoms with Gasteiger partial charge in [-0.15, -0.1) is 0 Å². The highest BCUT2D eigenvalue weighted by molar-refractivity contribution is 5.85. The van der Waals surface area contributed by atoms with Crippen molar-refractivity contribution in [1.29, 1.82) is 0 Å². The Morgan fingerprint density at radius 2 is 1.57 bits per heavy atom. The standard InChI is InChI=1S/C26H30N2O7/c1-16(24(30)28-22(25(31)32)11-12-23(29)34-2)13-14-27-26(33)35-15-21-19-9-5-3-7-17(19)18-8-4-6-10-20(18)21/h3-10,16,21-22H,11-15H2,1-2H3,(H,27,33)(H,28,30)(H,31,32)/t16?,22-/m0/s1. The lowest BCUT2D eigenvalue weighted by Crippen LogP contribution is -2.44. The summed E-state index contributed by atoms with van der Waals surface area (Å²) in [5, 5.41) is 14.3. The van der Waals surface area contributed by atoms with Gasteiger partial charge in [-0.2, -0.15) is 0 Å². The van der Waals surface area contributed by atoms with Gasteiger partial charge >= 0.3 is 18.0 Å². The number of benzene rings is 2. The molecule has 1 aliphatic carbocycles. The normalized spacial score (nSPS) is 13.7. The van der Waals surface area contributed by atoms with Crippen LogP contribution in [0.5, 0.6) is 0 Å². The molecule has 9 nitrogen and oxygen atoms in total. The zero-order chi connectivity index (χ0) is 25.4. The van der Waals surface area contributed by atoms with Gasteiger partial charge in [-0.1, -0.05) is 55.5 Å². The molecule has 2 aromatic rings. The predicted octanol–water partition coefficient (Wildman–Crippen LogP) is 3.07. The summed E-state index contributed by atoms with van der Waals surface area (Å²) in [6.45, 7) is 2.01. The molecular formula is C26H30N2O7. The molecule has 1 aliphatic rings. The van der Waals surface area contributed by atoms with Gasteiger partial charge in [0.25, 0.3) is 0 Å². The fourth-order valence-corrected chi connectivity index (χ4v) is 4.11. The van der Waals surface area contributed by atoms with Gasteiger partial charge in [0.1, 0.15) is 12.6 Å². The maximum absolute atomic E-state index is 12.3. The molecule has 0 bridgehead atoms. The largest absolute Gasteiger partial charge is 0.480 e. The lowest BCUT2D eigenvalue weighted by Gasteiger charge is -2.18. The molecule has 0 fully saturated rings. The summed E-state index contributed by atoms with van der Waals surface area (Å²) in [5.41, 5.74) is 4.52. The number of carbonyl (C=O) groups excluding carboxylic acids is 3. The molecule has 0 saturated carbocycles. The Bertz CT molecular complexity index is 1040. The van der Waals surface area contributed by atoms with Gasteiger partial charge in [-0.3, -0.25) is 9.59 Å². The Morgan fingerprint density at radius 1 is 0.971 bits per heavy atom. The lowest BCUT2D eigenvalue weighted by atomic mass is 9.98. The third-order valence-corrected chi connectivity index (χ3v) is 6.12. The summed E-state index contributed by atoms with van der Waals surface area (Å²) >= 11 is 0. The van der Waals surface area contributed by atoms with Crippen molar-refractivity contribution in [3.8, 4) is 11.1 Å². The molecule has 2 amide bonds. The van der Waals surface area contributed by atoms with Crippen molar-refractivity contribution >= 4 is 23.9 Å². The molecule has 0 spiro atoms. The van der Waals surface area contributed by atoms with Gasteiger partial charge in [-0.25, -0.2) is 9.59 Å². The van der Waals surface area contributed by atoms with E-state index in [1.807, 2.05) is 36.4 Å². The Balaban J connectivity index is 1.44. The number of carboxylic acids is 1. The van der Waals surface area contributed by atoms with E-state index >= 15 is 0 Å². The van der Waals surface area contributed by atoms with Crippen molar-refractivity contribution in [2.24, 2.45) is 5.92 Å². The van der Waals surface area contributed by atoms with Crippen molar-refractivity contribution in [2.45, 2.75) is 38.1 Å². The summed E-state index contributed by atoms with van der Waals surface area (Å²) in [6, 6.07) is 14.9. The zero-order valence-electron chi connectivity index (χ0n) is 19.8. The summed E-state index contributed by atoms with van der Waals surface area (Å²) in [7, 11) is 1.21. The van der Waals surface area contributed by atoms with Crippen LogP contribution in [0.25, 0.3) is 11.1 Å². The van der Waals surface area contributed by atoms with Crippen molar-refractivity contribution in [2.75, 3.05) is 20.3 Å². The fourth-order valence-electron chi connectivity index (χ4n) is 4.11. The molecule has 0 aromatic heterocycles. The minimum absolute atomic E-state index is 0.0456. The first kappa shape index (κ1) is 25.7. The topological polar surface area (TPSA) is 131 Å². The van der Waals surface area contributed by atoms with Crippen molar-refractivity contribution < 1.29 is 33.8 Å². The third kappa shape index (κ3) is 6.59. The molecule has 0 heterocycles. The quantitative estimate of drug-likeness (QED) is 0.420. The Labute approximate surface area is 203 Å². The number of ether oxygens (including phenoxy) is 2. The van der Waals surface area contributed by atoms with Crippen molar-refractivity contribution in [3.63, 3.8) is 0 Å². The summed E-state index contributed by atoms with van der Waals surface area (Å²) in [4.78, 5) is 47.2. The second-order valence-electron chi connectivity index (χ2n) is 8.46. The fraction of sp³-hybridized carbons (Fsp3) is 0.385. The molecule has 0 radical (unpaired) electrons. The van der Waals surface area contributed by atoms with Crippen LogP contribution in [0.15, 0.2) is 48.5 Å². The minimum Gasteiger partial charge on any atom is -0.480 e. The van der Waals surface area contributed by atoms with E-state index in [4.69, 9.17) is 4.74 Å². The molecule has 0 aliphatic heterocycles. The monoisotopic (exact) mass is 482 g/mol. The van der Waals surface area contributed by atoms with Gasteiger partial charge < -0.3 is 25.2 Å². The first-order valence-electron chi connectivity index (χ1n) is 11.5. The van der Waals surface area contributed by atoms with E-state index in [0.717, 1.165) is 22.3 Å². The van der Waals surface area contributed by atoms with Crippen LogP contribution in [0.4, 0.5) is 4.79 Å². The molecule has 35 heavy (non-hydrogen) atoms. The van der Waals surface area contributed by atoms with Crippen molar-refractivity contribution in [3.05, 3.63) is 59.7 Å². The average molecular weight is 483 g/mol. The number of carboxylic acid groups (broad SMARTS) is 1. The molecule has 9 heteroatoms. The zero-order valence-corrected chi connectivity index (χ0v) is 19.8. The molecule has 3 rings (SSSR count). The molecule has 2 aromatic carbocycles. The number of hydrogen-bond acceptors (Lipinski definition) is 6. The third-order valence-electron chi connectivity index (χ3n) is 6.12. The second-order valence-corrected chi connectivity index (χ2v) is 8.46. The number of hydrogen-bond donors (Lipinski definition) is 3. The van der Waals surface area contributed by atoms with E-state index in [0.29, 0.717) is 6.42 Å². The van der Waals surface area contributed by atoms with E-state index in [1.54, 1.807) is 6.92 Å². The van der Waals surface area contributed by atoms with Crippen LogP contribution >= 0.6 is 0 Å². The van der Waals surface area contributed by atoms with E-state index in [1.165, 1.54) is 7.11 Å². The molecular weight excluding hydrogens is 452 g/mol. The van der Waals surface area contributed by atoms with Crippen LogP contribution in [0, 0.1) is 5.92 Å². The second kappa shape index (κ2) is 12.0. The van der Waals surface area contributed by atoms with Gasteiger partial charge in [0.2, 0.25) is 5.91 Å². The first-order chi connectivity index (χ1) is 16.8. The number of rotatable bonds is 11. The van der Waals surface area contributed by atoms with Gasteiger partial charge in [0.05, 0.1) is 7.11 Å². The SMILES string of the molecule is COC(=O)CC[C@H](NC(=O)C(C)CCNC(=O)OCC1c2ccccc2-c2ccccc21)C(=O)O. The van der Waals surface area contributed by atoms with Crippen LogP contribution in [0.2, 0.25) is 0 Å². The number of fused-ring (bicyclic) bond motifs is 3. The highest BCUT2D eigenvalue weighted by atomic mass is 16.5. The number of amides is 2. The van der Waals surface area contributed by atoms with Crippen LogP contribution in [-0.4, -0.2) is 55.3 Å². The smallest absolute Gasteiger partial charge is 0.407 e. The first-order valence-corrected chi connectivity index (χ1v) is 11.5. The van der Waals surface area contributed by atoms with Crippen LogP contribution in [0.1, 0.15) is 43.2 Å². The minimum atomic E-state index is -1.23. The van der Waals surface area contributed by atoms with Crippen LogP contribution in [0.3, 0.4) is 0 Å². The molecule has 186 valence electrons.